The maximum absolute atomic E-state index is 6.01. The summed E-state index contributed by atoms with van der Waals surface area (Å²) in [5.74, 6) is 2.30. The van der Waals surface area contributed by atoms with Crippen LogP contribution in [-0.4, -0.2) is 39.6 Å². The SMILES string of the molecule is COc1cc(CNCCSc2nnnn2C)ccc1OCc1cccc(Cl)c1.[Cl-]. The topological polar surface area (TPSA) is 74.1 Å². The molecule has 0 radical (unpaired) electrons. The van der Waals surface area contributed by atoms with Gasteiger partial charge in [0.05, 0.1) is 7.11 Å². The van der Waals surface area contributed by atoms with E-state index in [1.165, 1.54) is 0 Å². The van der Waals surface area contributed by atoms with Crippen LogP contribution in [0, 0.1) is 0 Å². The second-order valence-electron chi connectivity index (χ2n) is 6.01. The molecular formula is C19H22Cl2N5O2S-. The minimum atomic E-state index is 0. The fourth-order valence-corrected chi connectivity index (χ4v) is 3.48. The summed E-state index contributed by atoms with van der Waals surface area (Å²) < 4.78 is 13.0. The molecule has 0 atom stereocenters. The quantitative estimate of drug-likeness (QED) is 0.349. The lowest BCUT2D eigenvalue weighted by Crippen LogP contribution is -3.00. The van der Waals surface area contributed by atoms with Crippen LogP contribution >= 0.6 is 23.4 Å². The predicted molar refractivity (Wildman–Crippen MR) is 110 cm³/mol. The zero-order chi connectivity index (χ0) is 19.8. The van der Waals surface area contributed by atoms with Gasteiger partial charge in [0.1, 0.15) is 6.61 Å². The van der Waals surface area contributed by atoms with Gasteiger partial charge in [-0.25, -0.2) is 4.68 Å². The molecule has 0 bridgehead atoms. The molecule has 156 valence electrons. The highest BCUT2D eigenvalue weighted by Crippen LogP contribution is 2.29. The van der Waals surface area contributed by atoms with Crippen LogP contribution < -0.4 is 27.2 Å². The van der Waals surface area contributed by atoms with Gasteiger partial charge in [0.15, 0.2) is 11.5 Å². The van der Waals surface area contributed by atoms with Crippen LogP contribution in [0.1, 0.15) is 11.1 Å². The lowest BCUT2D eigenvalue weighted by molar-refractivity contribution is -0.00000639. The summed E-state index contributed by atoms with van der Waals surface area (Å²) in [6.07, 6.45) is 0. The summed E-state index contributed by atoms with van der Waals surface area (Å²) in [6.45, 7) is 2.01. The maximum atomic E-state index is 6.01. The molecular weight excluding hydrogens is 433 g/mol. The predicted octanol–water partition coefficient (Wildman–Crippen LogP) is 0.337. The molecule has 1 heterocycles. The standard InChI is InChI=1S/C19H22ClN5O2S.ClH/c1-25-19(22-23-24-25)28-9-8-21-12-14-6-7-17(18(11-14)26-2)27-13-15-4-3-5-16(20)10-15;/h3-7,10-11,21H,8-9,12-13H2,1-2H3;1H/p-1. The van der Waals surface area contributed by atoms with Crippen LogP contribution in [0.2, 0.25) is 5.02 Å². The zero-order valence-electron chi connectivity index (χ0n) is 16.1. The highest BCUT2D eigenvalue weighted by atomic mass is 35.5. The number of rotatable bonds is 10. The number of tetrazole rings is 1. The number of halogens is 2. The third-order valence-corrected chi connectivity index (χ3v) is 5.18. The summed E-state index contributed by atoms with van der Waals surface area (Å²) in [5.41, 5.74) is 2.13. The molecule has 0 aliphatic carbocycles. The van der Waals surface area contributed by atoms with Crippen molar-refractivity contribution in [3.05, 3.63) is 58.6 Å². The number of ether oxygens (including phenoxy) is 2. The first-order valence-corrected chi connectivity index (χ1v) is 10.1. The molecule has 29 heavy (non-hydrogen) atoms. The number of aryl methyl sites for hydroxylation is 1. The van der Waals surface area contributed by atoms with Crippen LogP contribution in [0.5, 0.6) is 11.5 Å². The average molecular weight is 455 g/mol. The Bertz CT molecular complexity index is 910. The van der Waals surface area contributed by atoms with Gasteiger partial charge in [0.2, 0.25) is 5.16 Å². The van der Waals surface area contributed by atoms with Crippen LogP contribution in [0.15, 0.2) is 47.6 Å². The monoisotopic (exact) mass is 454 g/mol. The second kappa shape index (κ2) is 11.9. The van der Waals surface area contributed by atoms with Crippen LogP contribution in [0.3, 0.4) is 0 Å². The van der Waals surface area contributed by atoms with Gasteiger partial charge in [-0.1, -0.05) is 41.6 Å². The van der Waals surface area contributed by atoms with Crippen molar-refractivity contribution in [3.63, 3.8) is 0 Å². The first-order valence-electron chi connectivity index (χ1n) is 8.75. The molecule has 0 aliphatic rings. The lowest BCUT2D eigenvalue weighted by Gasteiger charge is -2.13. The van der Waals surface area contributed by atoms with E-state index in [2.05, 4.69) is 20.8 Å². The van der Waals surface area contributed by atoms with Crippen molar-refractivity contribution in [1.29, 1.82) is 0 Å². The van der Waals surface area contributed by atoms with Crippen molar-refractivity contribution >= 4 is 23.4 Å². The molecule has 2 aromatic carbocycles. The van der Waals surface area contributed by atoms with Gasteiger partial charge in [0, 0.05) is 30.9 Å². The molecule has 0 saturated carbocycles. The molecule has 0 amide bonds. The Morgan fingerprint density at radius 3 is 2.72 bits per heavy atom. The van der Waals surface area contributed by atoms with Crippen LogP contribution in [0.4, 0.5) is 0 Å². The van der Waals surface area contributed by atoms with E-state index in [1.54, 1.807) is 23.6 Å². The highest BCUT2D eigenvalue weighted by molar-refractivity contribution is 7.99. The van der Waals surface area contributed by atoms with Crippen molar-refractivity contribution < 1.29 is 21.9 Å². The average Bonchev–Trinajstić information content (AvgIpc) is 3.11. The molecule has 1 aromatic heterocycles. The highest BCUT2D eigenvalue weighted by Gasteiger charge is 2.07. The molecule has 0 unspecified atom stereocenters. The van der Waals surface area contributed by atoms with Crippen LogP contribution in [-0.2, 0) is 20.2 Å². The molecule has 3 aromatic rings. The first-order chi connectivity index (χ1) is 13.7. The van der Waals surface area contributed by atoms with Crippen molar-refractivity contribution in [2.75, 3.05) is 19.4 Å². The number of aromatic nitrogens is 4. The zero-order valence-corrected chi connectivity index (χ0v) is 18.5. The molecule has 0 spiro atoms. The Morgan fingerprint density at radius 1 is 1.14 bits per heavy atom. The molecule has 0 aliphatic heterocycles. The van der Waals surface area contributed by atoms with E-state index < -0.39 is 0 Å². The Hall–Kier alpha value is -2.00. The lowest BCUT2D eigenvalue weighted by atomic mass is 10.2. The minimum Gasteiger partial charge on any atom is -1.00 e. The van der Waals surface area contributed by atoms with Gasteiger partial charge < -0.3 is 27.2 Å². The van der Waals surface area contributed by atoms with Gasteiger partial charge in [0.25, 0.3) is 0 Å². The molecule has 7 nitrogen and oxygen atoms in total. The summed E-state index contributed by atoms with van der Waals surface area (Å²) in [4.78, 5) is 0. The Balaban J connectivity index is 0.00000300. The first kappa shape index (κ1) is 23.3. The Kier molecular flexibility index (Phi) is 9.53. The number of methoxy groups -OCH3 is 1. The number of nitrogens with one attached hydrogen (secondary N) is 1. The summed E-state index contributed by atoms with van der Waals surface area (Å²) >= 11 is 7.63. The number of benzene rings is 2. The number of nitrogens with zero attached hydrogens (tertiary/aromatic N) is 4. The number of hydrogen-bond donors (Lipinski definition) is 1. The second-order valence-corrected chi connectivity index (χ2v) is 7.51. The molecule has 0 saturated heterocycles. The normalized spacial score (nSPS) is 10.4. The van der Waals surface area contributed by atoms with E-state index in [0.29, 0.717) is 23.1 Å². The van der Waals surface area contributed by atoms with Gasteiger partial charge in [-0.2, -0.15) is 0 Å². The van der Waals surface area contributed by atoms with E-state index in [0.717, 1.165) is 35.1 Å². The van der Waals surface area contributed by atoms with E-state index in [9.17, 15) is 0 Å². The van der Waals surface area contributed by atoms with E-state index in [-0.39, 0.29) is 12.4 Å². The van der Waals surface area contributed by atoms with Crippen molar-refractivity contribution in [1.82, 2.24) is 25.5 Å². The molecule has 10 heteroatoms. The van der Waals surface area contributed by atoms with Gasteiger partial charge in [-0.3, -0.25) is 0 Å². The smallest absolute Gasteiger partial charge is 0.209 e. The third kappa shape index (κ3) is 7.08. The van der Waals surface area contributed by atoms with Crippen molar-refractivity contribution in [2.45, 2.75) is 18.3 Å². The van der Waals surface area contributed by atoms with Crippen molar-refractivity contribution in [2.24, 2.45) is 7.05 Å². The fraction of sp³-hybridized carbons (Fsp3) is 0.316. The largest absolute Gasteiger partial charge is 1.00 e. The van der Waals surface area contributed by atoms with E-state index in [4.69, 9.17) is 21.1 Å². The number of thioether (sulfide) groups is 1. The van der Waals surface area contributed by atoms with Crippen LogP contribution in [0.25, 0.3) is 0 Å². The van der Waals surface area contributed by atoms with Gasteiger partial charge in [-0.15, -0.1) is 5.10 Å². The number of hydrogen-bond acceptors (Lipinski definition) is 7. The Labute approximate surface area is 185 Å². The molecule has 3 rings (SSSR count). The van der Waals surface area contributed by atoms with Gasteiger partial charge in [-0.05, 0) is 45.8 Å². The van der Waals surface area contributed by atoms with Crippen molar-refractivity contribution in [3.8, 4) is 11.5 Å². The molecule has 0 fully saturated rings. The Morgan fingerprint density at radius 2 is 2.00 bits per heavy atom. The van der Waals surface area contributed by atoms with E-state index >= 15 is 0 Å². The van der Waals surface area contributed by atoms with E-state index in [1.807, 2.05) is 49.5 Å². The maximum Gasteiger partial charge on any atom is 0.209 e. The summed E-state index contributed by atoms with van der Waals surface area (Å²) in [5, 5.41) is 16.3. The summed E-state index contributed by atoms with van der Waals surface area (Å²) in [7, 11) is 3.47. The third-order valence-electron chi connectivity index (χ3n) is 3.93. The fourth-order valence-electron chi connectivity index (χ4n) is 2.52. The summed E-state index contributed by atoms with van der Waals surface area (Å²) in [6, 6.07) is 13.6. The molecule has 1 N–H and O–H groups in total. The van der Waals surface area contributed by atoms with Gasteiger partial charge >= 0.3 is 0 Å². The minimum absolute atomic E-state index is 0.